The molecule has 0 unspecified atom stereocenters. The number of carbonyl (C=O) groups excluding carboxylic acids is 6. The highest BCUT2D eigenvalue weighted by Crippen LogP contribution is 2.19. The van der Waals surface area contributed by atoms with Gasteiger partial charge in [0.1, 0.15) is 30.2 Å². The Balaban J connectivity index is 3.37. The van der Waals surface area contributed by atoms with Crippen LogP contribution < -0.4 is 26.6 Å². The maximum Gasteiger partial charge on any atom is 0.245 e. The Labute approximate surface area is 363 Å². The zero-order valence-corrected chi connectivity index (χ0v) is 39.8. The number of rotatable bonds is 27. The number of nitrogens with one attached hydrogen (secondary N) is 5. The fourth-order valence-corrected chi connectivity index (χ4v) is 7.39. The summed E-state index contributed by atoms with van der Waals surface area (Å²) in [5, 5.41) is 15.0. The SMILES string of the molecule is CN[C@@H](CC(C)C)C(=O)N(C)[C@@H](CC(C)C)C(=O)N[C@@H](CC(C)C)C(=O)N[C@@H](CC(C)C)C(=O)N(C)[C@@H](CC(C)C)C(=O)N[C@@H](CC(C)C)C(=O)NCCc1ccccc1. The van der Waals surface area contributed by atoms with E-state index < -0.39 is 59.9 Å². The lowest BCUT2D eigenvalue weighted by molar-refractivity contribution is -0.144. The lowest BCUT2D eigenvalue weighted by Gasteiger charge is -2.35. The van der Waals surface area contributed by atoms with Crippen LogP contribution in [0, 0.1) is 35.5 Å². The molecule has 0 spiro atoms. The summed E-state index contributed by atoms with van der Waals surface area (Å²) in [5.41, 5.74) is 1.09. The van der Waals surface area contributed by atoms with E-state index in [9.17, 15) is 28.8 Å². The van der Waals surface area contributed by atoms with Crippen LogP contribution in [-0.2, 0) is 35.2 Å². The molecule has 6 amide bonds. The summed E-state index contributed by atoms with van der Waals surface area (Å²) in [6.45, 7) is 24.2. The Hall–Kier alpha value is -4.00. The van der Waals surface area contributed by atoms with Gasteiger partial charge in [-0.25, -0.2) is 0 Å². The number of hydrogen-bond acceptors (Lipinski definition) is 7. The second-order valence-electron chi connectivity index (χ2n) is 19.3. The highest BCUT2D eigenvalue weighted by Gasteiger charge is 2.38. The zero-order valence-electron chi connectivity index (χ0n) is 39.8. The molecule has 13 heteroatoms. The number of likely N-dealkylation sites (N-methyl/N-ethyl adjacent to an activating group) is 3. The summed E-state index contributed by atoms with van der Waals surface area (Å²) in [4.78, 5) is 86.9. The van der Waals surface area contributed by atoms with Crippen molar-refractivity contribution in [1.82, 2.24) is 36.4 Å². The lowest BCUT2D eigenvalue weighted by atomic mass is 9.96. The van der Waals surface area contributed by atoms with Crippen molar-refractivity contribution in [2.75, 3.05) is 27.7 Å². The van der Waals surface area contributed by atoms with E-state index in [-0.39, 0.29) is 47.3 Å². The second kappa shape index (κ2) is 27.1. The Morgan fingerprint density at radius 3 is 1.22 bits per heavy atom. The molecular formula is C47H83N7O6. The van der Waals surface area contributed by atoms with Crippen molar-refractivity contribution in [1.29, 1.82) is 0 Å². The molecule has 0 aliphatic heterocycles. The first-order chi connectivity index (χ1) is 28.0. The van der Waals surface area contributed by atoms with Gasteiger partial charge in [-0.05, 0) is 93.1 Å². The van der Waals surface area contributed by atoms with Crippen molar-refractivity contribution in [3.05, 3.63) is 35.9 Å². The third-order valence-corrected chi connectivity index (χ3v) is 10.5. The van der Waals surface area contributed by atoms with Crippen LogP contribution in [0.15, 0.2) is 30.3 Å². The molecule has 0 heterocycles. The Morgan fingerprint density at radius 1 is 0.467 bits per heavy atom. The van der Waals surface area contributed by atoms with E-state index in [0.29, 0.717) is 51.5 Å². The fourth-order valence-electron chi connectivity index (χ4n) is 7.39. The first-order valence-electron chi connectivity index (χ1n) is 22.4. The van der Waals surface area contributed by atoms with Gasteiger partial charge in [0.15, 0.2) is 0 Å². The highest BCUT2D eigenvalue weighted by molar-refractivity contribution is 5.96. The Bertz CT molecular complexity index is 1480. The van der Waals surface area contributed by atoms with Crippen molar-refractivity contribution in [2.45, 2.75) is 164 Å². The average molecular weight is 842 g/mol. The molecule has 342 valence electrons. The minimum absolute atomic E-state index is 0.000728. The molecule has 0 bridgehead atoms. The van der Waals surface area contributed by atoms with Crippen molar-refractivity contribution in [3.8, 4) is 0 Å². The fraction of sp³-hybridized carbons (Fsp3) is 0.745. The van der Waals surface area contributed by atoms with Crippen molar-refractivity contribution in [3.63, 3.8) is 0 Å². The number of carbonyl (C=O) groups is 6. The van der Waals surface area contributed by atoms with Gasteiger partial charge in [-0.15, -0.1) is 0 Å². The smallest absolute Gasteiger partial charge is 0.245 e. The second-order valence-corrected chi connectivity index (χ2v) is 19.3. The predicted molar refractivity (Wildman–Crippen MR) is 242 cm³/mol. The topological polar surface area (TPSA) is 169 Å². The minimum Gasteiger partial charge on any atom is -0.354 e. The van der Waals surface area contributed by atoms with E-state index in [1.165, 1.54) is 9.80 Å². The van der Waals surface area contributed by atoms with Gasteiger partial charge >= 0.3 is 0 Å². The monoisotopic (exact) mass is 842 g/mol. The van der Waals surface area contributed by atoms with Gasteiger partial charge in [0.25, 0.3) is 0 Å². The zero-order chi connectivity index (χ0) is 45.9. The molecule has 1 aromatic carbocycles. The molecule has 60 heavy (non-hydrogen) atoms. The van der Waals surface area contributed by atoms with E-state index in [1.807, 2.05) is 113 Å². The van der Waals surface area contributed by atoms with E-state index in [0.717, 1.165) is 5.56 Å². The standard InChI is InChI=1S/C47H83N7O6/c1-29(2)23-36(42(55)49-22-21-35-19-17-16-18-20-35)50-44(57)41(28-34(11)12)54(15)47(60)39(26-32(7)8)52-43(56)37(24-30(3)4)51-45(58)40(27-33(9)10)53(14)46(59)38(48-13)25-31(5)6/h16-20,29-34,36-41,48H,21-28H2,1-15H3,(H,49,55)(H,50,57)(H,51,58)(H,52,56)/t36-,37-,38-,39-,40-,41-/m0/s1. The van der Waals surface area contributed by atoms with Crippen LogP contribution in [0.1, 0.15) is 127 Å². The van der Waals surface area contributed by atoms with E-state index in [4.69, 9.17) is 0 Å². The van der Waals surface area contributed by atoms with Gasteiger partial charge in [0.05, 0.1) is 6.04 Å². The molecule has 6 atom stereocenters. The van der Waals surface area contributed by atoms with Crippen molar-refractivity contribution >= 4 is 35.4 Å². The first-order valence-corrected chi connectivity index (χ1v) is 22.4. The van der Waals surface area contributed by atoms with Crippen LogP contribution in [0.25, 0.3) is 0 Å². The highest BCUT2D eigenvalue weighted by atomic mass is 16.2. The van der Waals surface area contributed by atoms with Gasteiger partial charge in [-0.1, -0.05) is 113 Å². The summed E-state index contributed by atoms with van der Waals surface area (Å²) >= 11 is 0. The number of nitrogens with zero attached hydrogens (tertiary/aromatic N) is 2. The third-order valence-electron chi connectivity index (χ3n) is 10.5. The summed E-state index contributed by atoms with van der Waals surface area (Å²) < 4.78 is 0. The van der Waals surface area contributed by atoms with Crippen molar-refractivity contribution < 1.29 is 28.8 Å². The minimum atomic E-state index is -0.993. The largest absolute Gasteiger partial charge is 0.354 e. The summed E-state index contributed by atoms with van der Waals surface area (Å²) in [5.74, 6) is -1.80. The molecular weight excluding hydrogens is 759 g/mol. The van der Waals surface area contributed by atoms with Gasteiger partial charge < -0.3 is 36.4 Å². The van der Waals surface area contributed by atoms with Crippen LogP contribution in [0.3, 0.4) is 0 Å². The maximum atomic E-state index is 14.5. The van der Waals surface area contributed by atoms with E-state index >= 15 is 0 Å². The van der Waals surface area contributed by atoms with Gasteiger partial charge in [-0.3, -0.25) is 28.8 Å². The van der Waals surface area contributed by atoms with E-state index in [2.05, 4.69) is 26.6 Å². The van der Waals surface area contributed by atoms with Gasteiger partial charge in [0, 0.05) is 20.6 Å². The Morgan fingerprint density at radius 2 is 0.817 bits per heavy atom. The molecule has 0 saturated heterocycles. The predicted octanol–water partition coefficient (Wildman–Crippen LogP) is 5.32. The van der Waals surface area contributed by atoms with Crippen LogP contribution in [-0.4, -0.2) is 109 Å². The maximum absolute atomic E-state index is 14.5. The average Bonchev–Trinajstić information content (AvgIpc) is 3.15. The number of amides is 6. The summed E-state index contributed by atoms with van der Waals surface area (Å²) in [6, 6.07) is 4.88. The summed E-state index contributed by atoms with van der Waals surface area (Å²) in [7, 11) is 4.94. The van der Waals surface area contributed by atoms with Crippen LogP contribution >= 0.6 is 0 Å². The van der Waals surface area contributed by atoms with Crippen LogP contribution in [0.5, 0.6) is 0 Å². The molecule has 0 saturated carbocycles. The quantitative estimate of drug-likeness (QED) is 0.0800. The number of hydrogen-bond donors (Lipinski definition) is 5. The molecule has 0 radical (unpaired) electrons. The molecule has 0 fully saturated rings. The van der Waals surface area contributed by atoms with Crippen LogP contribution in [0.4, 0.5) is 0 Å². The molecule has 13 nitrogen and oxygen atoms in total. The molecule has 0 aromatic heterocycles. The molecule has 0 aliphatic carbocycles. The molecule has 1 rings (SSSR count). The molecule has 5 N–H and O–H groups in total. The van der Waals surface area contributed by atoms with E-state index in [1.54, 1.807) is 21.1 Å². The first kappa shape index (κ1) is 54.0. The summed E-state index contributed by atoms with van der Waals surface area (Å²) in [6.07, 6.45) is 3.00. The van der Waals surface area contributed by atoms with Gasteiger partial charge in [-0.2, -0.15) is 0 Å². The van der Waals surface area contributed by atoms with Crippen LogP contribution in [0.2, 0.25) is 0 Å². The Kier molecular flexibility index (Phi) is 24.4. The normalized spacial score (nSPS) is 14.8. The molecule has 1 aromatic rings. The lowest BCUT2D eigenvalue weighted by Crippen LogP contribution is -2.60. The molecule has 0 aliphatic rings. The van der Waals surface area contributed by atoms with Gasteiger partial charge in [0.2, 0.25) is 35.4 Å². The number of benzene rings is 1. The third kappa shape index (κ3) is 19.6. The van der Waals surface area contributed by atoms with Crippen molar-refractivity contribution in [2.24, 2.45) is 35.5 Å².